The molecule has 1 aromatic heterocycles. The van der Waals surface area contributed by atoms with E-state index in [1.165, 1.54) is 25.7 Å². The summed E-state index contributed by atoms with van der Waals surface area (Å²) in [7, 11) is 0. The summed E-state index contributed by atoms with van der Waals surface area (Å²) >= 11 is 0. The minimum atomic E-state index is 0.124. The number of rotatable bonds is 2. The van der Waals surface area contributed by atoms with Gasteiger partial charge in [0.15, 0.2) is 0 Å². The maximum Gasteiger partial charge on any atom is 0.253 e. The Balaban J connectivity index is 1.52. The number of H-pyrrole nitrogens is 1. The normalized spacial score (nSPS) is 24.3. The summed E-state index contributed by atoms with van der Waals surface area (Å²) in [6.07, 6.45) is 6.46. The monoisotopic (exact) mass is 311 g/mol. The second-order valence-electron chi connectivity index (χ2n) is 6.66. The second kappa shape index (κ2) is 6.10. The highest BCUT2D eigenvalue weighted by Gasteiger charge is 2.33. The predicted octanol–water partition coefficient (Wildman–Crippen LogP) is 2.52. The van der Waals surface area contributed by atoms with Crippen molar-refractivity contribution in [2.45, 2.75) is 32.1 Å². The third-order valence-electron chi connectivity index (χ3n) is 5.29. The van der Waals surface area contributed by atoms with Crippen LogP contribution in [0.4, 0.5) is 0 Å². The third kappa shape index (κ3) is 2.85. The topological polar surface area (TPSA) is 74.8 Å². The van der Waals surface area contributed by atoms with Crippen LogP contribution in [0.3, 0.4) is 0 Å². The van der Waals surface area contributed by atoms with Crippen molar-refractivity contribution in [3.8, 4) is 11.4 Å². The molecule has 6 nitrogen and oxygen atoms in total. The van der Waals surface area contributed by atoms with Crippen molar-refractivity contribution in [3.63, 3.8) is 0 Å². The number of tetrazole rings is 1. The highest BCUT2D eigenvalue weighted by molar-refractivity contribution is 5.95. The Hall–Kier alpha value is -2.24. The van der Waals surface area contributed by atoms with Gasteiger partial charge in [0.05, 0.1) is 0 Å². The van der Waals surface area contributed by atoms with Gasteiger partial charge in [-0.05, 0) is 42.0 Å². The molecule has 2 heterocycles. The number of piperidine rings is 1. The molecule has 1 amide bonds. The van der Waals surface area contributed by atoms with E-state index < -0.39 is 0 Å². The third-order valence-corrected chi connectivity index (χ3v) is 5.29. The number of amides is 1. The van der Waals surface area contributed by atoms with Crippen LogP contribution < -0.4 is 0 Å². The Morgan fingerprint density at radius 1 is 1.17 bits per heavy atom. The summed E-state index contributed by atoms with van der Waals surface area (Å²) in [5.41, 5.74) is 1.53. The summed E-state index contributed by atoms with van der Waals surface area (Å²) < 4.78 is 0. The van der Waals surface area contributed by atoms with Crippen LogP contribution in [0, 0.1) is 11.8 Å². The molecule has 1 saturated carbocycles. The Morgan fingerprint density at radius 3 is 2.87 bits per heavy atom. The zero-order chi connectivity index (χ0) is 15.6. The van der Waals surface area contributed by atoms with Crippen molar-refractivity contribution in [2.24, 2.45) is 11.8 Å². The van der Waals surface area contributed by atoms with Gasteiger partial charge in [-0.25, -0.2) is 0 Å². The van der Waals surface area contributed by atoms with Crippen LogP contribution in [-0.2, 0) is 0 Å². The van der Waals surface area contributed by atoms with Gasteiger partial charge in [0, 0.05) is 24.2 Å². The second-order valence-corrected chi connectivity index (χ2v) is 6.66. The molecule has 120 valence electrons. The van der Waals surface area contributed by atoms with Crippen LogP contribution >= 0.6 is 0 Å². The number of hydrogen-bond donors (Lipinski definition) is 1. The number of hydrogen-bond acceptors (Lipinski definition) is 4. The molecule has 2 aromatic rings. The van der Waals surface area contributed by atoms with Gasteiger partial charge in [-0.1, -0.05) is 31.4 Å². The van der Waals surface area contributed by atoms with E-state index in [1.807, 2.05) is 29.2 Å². The zero-order valence-corrected chi connectivity index (χ0v) is 13.1. The average Bonchev–Trinajstić information content (AvgIpc) is 3.15. The predicted molar refractivity (Wildman–Crippen MR) is 85.6 cm³/mol. The number of nitrogens with one attached hydrogen (secondary N) is 1. The number of carbonyl (C=O) groups is 1. The first-order valence-electron chi connectivity index (χ1n) is 8.44. The maximum absolute atomic E-state index is 12.9. The minimum Gasteiger partial charge on any atom is -0.338 e. The van der Waals surface area contributed by atoms with E-state index in [2.05, 4.69) is 20.6 Å². The molecular weight excluding hydrogens is 290 g/mol. The van der Waals surface area contributed by atoms with E-state index in [0.717, 1.165) is 31.0 Å². The van der Waals surface area contributed by atoms with E-state index in [4.69, 9.17) is 0 Å². The van der Waals surface area contributed by atoms with Gasteiger partial charge >= 0.3 is 0 Å². The lowest BCUT2D eigenvalue weighted by Gasteiger charge is -2.41. The van der Waals surface area contributed by atoms with Crippen molar-refractivity contribution in [3.05, 3.63) is 29.8 Å². The smallest absolute Gasteiger partial charge is 0.253 e. The summed E-state index contributed by atoms with van der Waals surface area (Å²) in [5.74, 6) is 2.17. The molecule has 2 unspecified atom stereocenters. The minimum absolute atomic E-state index is 0.124. The molecule has 1 N–H and O–H groups in total. The van der Waals surface area contributed by atoms with E-state index in [9.17, 15) is 4.79 Å². The SMILES string of the molecule is O=C(c1cccc(-c2nn[nH]n2)c1)N1CCC2CCCCC2C1. The molecule has 0 radical (unpaired) electrons. The lowest BCUT2D eigenvalue weighted by Crippen LogP contribution is -2.44. The van der Waals surface area contributed by atoms with Crippen LogP contribution in [0.15, 0.2) is 24.3 Å². The Morgan fingerprint density at radius 2 is 2.04 bits per heavy atom. The first kappa shape index (κ1) is 14.4. The lowest BCUT2D eigenvalue weighted by molar-refractivity contribution is 0.0521. The van der Waals surface area contributed by atoms with E-state index in [1.54, 1.807) is 0 Å². The van der Waals surface area contributed by atoms with E-state index in [-0.39, 0.29) is 5.91 Å². The molecular formula is C17H21N5O. The van der Waals surface area contributed by atoms with Crippen LogP contribution in [0.2, 0.25) is 0 Å². The number of carbonyl (C=O) groups excluding carboxylic acids is 1. The summed E-state index contributed by atoms with van der Waals surface area (Å²) in [6.45, 7) is 1.79. The van der Waals surface area contributed by atoms with E-state index >= 15 is 0 Å². The maximum atomic E-state index is 12.9. The molecule has 2 aliphatic rings. The number of benzene rings is 1. The first-order valence-corrected chi connectivity index (χ1v) is 8.44. The molecule has 23 heavy (non-hydrogen) atoms. The molecule has 4 rings (SSSR count). The highest BCUT2D eigenvalue weighted by atomic mass is 16.2. The molecule has 2 atom stereocenters. The fourth-order valence-electron chi connectivity index (χ4n) is 4.04. The van der Waals surface area contributed by atoms with Gasteiger partial charge in [-0.3, -0.25) is 4.79 Å². The summed E-state index contributed by atoms with van der Waals surface area (Å²) in [4.78, 5) is 14.9. The number of nitrogens with zero attached hydrogens (tertiary/aromatic N) is 4. The van der Waals surface area contributed by atoms with Gasteiger partial charge in [0.2, 0.25) is 5.82 Å². The van der Waals surface area contributed by atoms with Crippen molar-refractivity contribution in [2.75, 3.05) is 13.1 Å². The molecule has 1 aliphatic carbocycles. The van der Waals surface area contributed by atoms with Gasteiger partial charge < -0.3 is 4.90 Å². The summed E-state index contributed by atoms with van der Waals surface area (Å²) in [6, 6.07) is 7.51. The molecule has 0 bridgehead atoms. The fourth-order valence-corrected chi connectivity index (χ4v) is 4.04. The molecule has 2 fully saturated rings. The molecule has 1 aromatic carbocycles. The Bertz CT molecular complexity index is 684. The van der Waals surface area contributed by atoms with E-state index in [0.29, 0.717) is 17.3 Å². The summed E-state index contributed by atoms with van der Waals surface area (Å²) in [5, 5.41) is 14.0. The van der Waals surface area contributed by atoms with Crippen molar-refractivity contribution in [1.82, 2.24) is 25.5 Å². The Kier molecular flexibility index (Phi) is 3.81. The highest BCUT2D eigenvalue weighted by Crippen LogP contribution is 2.36. The lowest BCUT2D eigenvalue weighted by atomic mass is 9.75. The quantitative estimate of drug-likeness (QED) is 0.924. The van der Waals surface area contributed by atoms with Gasteiger partial charge in [-0.2, -0.15) is 5.21 Å². The van der Waals surface area contributed by atoms with Crippen LogP contribution in [-0.4, -0.2) is 44.5 Å². The van der Waals surface area contributed by atoms with Gasteiger partial charge in [0.25, 0.3) is 5.91 Å². The number of aromatic nitrogens is 4. The van der Waals surface area contributed by atoms with Crippen molar-refractivity contribution >= 4 is 5.91 Å². The van der Waals surface area contributed by atoms with Gasteiger partial charge in [-0.15, -0.1) is 10.2 Å². The van der Waals surface area contributed by atoms with Crippen molar-refractivity contribution < 1.29 is 4.79 Å². The number of fused-ring (bicyclic) bond motifs is 1. The Labute approximate surface area is 135 Å². The van der Waals surface area contributed by atoms with Crippen molar-refractivity contribution in [1.29, 1.82) is 0 Å². The number of likely N-dealkylation sites (tertiary alicyclic amines) is 1. The van der Waals surface area contributed by atoms with Crippen LogP contribution in [0.25, 0.3) is 11.4 Å². The molecule has 6 heteroatoms. The molecule has 1 saturated heterocycles. The molecule has 1 aliphatic heterocycles. The van der Waals surface area contributed by atoms with Gasteiger partial charge in [0.1, 0.15) is 0 Å². The largest absolute Gasteiger partial charge is 0.338 e. The zero-order valence-electron chi connectivity index (χ0n) is 13.1. The fraction of sp³-hybridized carbons (Fsp3) is 0.529. The first-order chi connectivity index (χ1) is 11.3. The standard InChI is InChI=1S/C17H21N5O/c23-17(22-9-8-12-4-1-2-5-15(12)11-22)14-7-3-6-13(10-14)16-18-20-21-19-16/h3,6-7,10,12,15H,1-2,4-5,8-9,11H2,(H,18,19,20,21). The number of aromatic amines is 1. The average molecular weight is 311 g/mol. The van der Waals surface area contributed by atoms with Crippen LogP contribution in [0.1, 0.15) is 42.5 Å². The molecule has 0 spiro atoms. The van der Waals surface area contributed by atoms with Crippen LogP contribution in [0.5, 0.6) is 0 Å².